The van der Waals surface area contributed by atoms with Crippen LogP contribution in [0.25, 0.3) is 0 Å². The fourth-order valence-electron chi connectivity index (χ4n) is 5.24. The van der Waals surface area contributed by atoms with Crippen LogP contribution in [0.1, 0.15) is 33.0 Å². The largest absolute Gasteiger partial charge is 0.497 e. The van der Waals surface area contributed by atoms with Crippen LogP contribution in [0.3, 0.4) is 0 Å². The van der Waals surface area contributed by atoms with Crippen molar-refractivity contribution in [1.29, 1.82) is 0 Å². The molecule has 0 spiro atoms. The molecule has 1 saturated heterocycles. The second kappa shape index (κ2) is 11.3. The monoisotopic (exact) mass is 480 g/mol. The maximum Gasteiger partial charge on any atom is 0.257 e. The predicted octanol–water partition coefficient (Wildman–Crippen LogP) is 5.85. The number of carbonyl (C=O) groups is 1. The van der Waals surface area contributed by atoms with E-state index < -0.39 is 0 Å². The number of rotatable bonds is 9. The summed E-state index contributed by atoms with van der Waals surface area (Å²) in [5.41, 5.74) is 4.26. The topological polar surface area (TPSA) is 45.9 Å². The second-order valence-corrected chi connectivity index (χ2v) is 9.51. The third-order valence-electron chi connectivity index (χ3n) is 7.01. The summed E-state index contributed by atoms with van der Waals surface area (Å²) in [5.74, 6) is 1.43. The molecule has 0 saturated carbocycles. The van der Waals surface area contributed by atoms with Crippen molar-refractivity contribution in [3.63, 3.8) is 0 Å². The Bertz CT molecular complexity index is 1240. The number of hydrogen-bond donors (Lipinski definition) is 0. The van der Waals surface area contributed by atoms with E-state index in [9.17, 15) is 4.79 Å². The zero-order chi connectivity index (χ0) is 24.7. The Labute approximate surface area is 212 Å². The number of nitrogens with zero attached hydrogens (tertiary/aromatic N) is 2. The van der Waals surface area contributed by atoms with E-state index in [1.54, 1.807) is 19.4 Å². The molecular weight excluding hydrogens is 448 g/mol. The van der Waals surface area contributed by atoms with E-state index in [0.717, 1.165) is 30.9 Å². The highest BCUT2D eigenvalue weighted by Gasteiger charge is 2.36. The van der Waals surface area contributed by atoms with E-state index in [2.05, 4.69) is 65.6 Å². The third kappa shape index (κ3) is 5.69. The molecule has 2 heterocycles. The first-order valence-electron chi connectivity index (χ1n) is 12.4. The fraction of sp³-hybridized carbons (Fsp3) is 0.258. The molecule has 184 valence electrons. The summed E-state index contributed by atoms with van der Waals surface area (Å²) in [6, 6.07) is 30.9. The van der Waals surface area contributed by atoms with E-state index >= 15 is 0 Å². The molecule has 5 nitrogen and oxygen atoms in total. The average molecular weight is 481 g/mol. The van der Waals surface area contributed by atoms with Gasteiger partial charge in [0.15, 0.2) is 0 Å². The van der Waals surface area contributed by atoms with Crippen LogP contribution in [-0.4, -0.2) is 42.5 Å². The summed E-state index contributed by atoms with van der Waals surface area (Å²) in [5, 5.41) is 0. The standard InChI is InChI=1S/C31H32N2O3/c1-35-29-14-8-13-26(17-29)30-22-32(18-24-9-4-2-5-10-24)20-28(30)21-33(19-25-11-6-3-7-12-25)31(34)27-15-16-36-23-27/h2-17,23,28,30H,18-22H2,1H3. The van der Waals surface area contributed by atoms with Crippen LogP contribution in [0.15, 0.2) is 108 Å². The van der Waals surface area contributed by atoms with Gasteiger partial charge in [-0.15, -0.1) is 0 Å². The van der Waals surface area contributed by atoms with Crippen LogP contribution in [0.5, 0.6) is 5.75 Å². The van der Waals surface area contributed by atoms with Gasteiger partial charge >= 0.3 is 0 Å². The Morgan fingerprint density at radius 2 is 1.69 bits per heavy atom. The van der Waals surface area contributed by atoms with Gasteiger partial charge in [0, 0.05) is 38.6 Å². The van der Waals surface area contributed by atoms with E-state index in [1.165, 1.54) is 17.4 Å². The summed E-state index contributed by atoms with van der Waals surface area (Å²) in [6.07, 6.45) is 3.10. The van der Waals surface area contributed by atoms with E-state index in [1.807, 2.05) is 29.2 Å². The molecule has 1 aliphatic heterocycles. The number of carbonyl (C=O) groups excluding carboxylic acids is 1. The van der Waals surface area contributed by atoms with Gasteiger partial charge < -0.3 is 14.1 Å². The number of hydrogen-bond acceptors (Lipinski definition) is 4. The van der Waals surface area contributed by atoms with Gasteiger partial charge in [-0.3, -0.25) is 9.69 Å². The number of benzene rings is 3. The minimum absolute atomic E-state index is 0.00138. The minimum Gasteiger partial charge on any atom is -0.497 e. The highest BCUT2D eigenvalue weighted by Crippen LogP contribution is 2.36. The summed E-state index contributed by atoms with van der Waals surface area (Å²) in [7, 11) is 1.71. The average Bonchev–Trinajstić information content (AvgIpc) is 3.60. The highest BCUT2D eigenvalue weighted by atomic mass is 16.5. The van der Waals surface area contributed by atoms with Crippen LogP contribution >= 0.6 is 0 Å². The molecule has 0 radical (unpaired) electrons. The molecule has 3 aromatic carbocycles. The van der Waals surface area contributed by atoms with Crippen molar-refractivity contribution in [2.24, 2.45) is 5.92 Å². The van der Waals surface area contributed by atoms with E-state index in [-0.39, 0.29) is 11.8 Å². The summed E-state index contributed by atoms with van der Waals surface area (Å²) < 4.78 is 10.8. The third-order valence-corrected chi connectivity index (χ3v) is 7.01. The molecule has 5 heteroatoms. The van der Waals surface area contributed by atoms with E-state index in [4.69, 9.17) is 9.15 Å². The lowest BCUT2D eigenvalue weighted by Crippen LogP contribution is -2.37. The highest BCUT2D eigenvalue weighted by molar-refractivity contribution is 5.93. The Hall–Kier alpha value is -3.83. The maximum atomic E-state index is 13.5. The molecule has 2 atom stereocenters. The quantitative estimate of drug-likeness (QED) is 0.302. The van der Waals surface area contributed by atoms with Crippen molar-refractivity contribution in [3.8, 4) is 5.75 Å². The predicted molar refractivity (Wildman–Crippen MR) is 141 cm³/mol. The van der Waals surface area contributed by atoms with Gasteiger partial charge in [-0.25, -0.2) is 0 Å². The first-order valence-corrected chi connectivity index (χ1v) is 12.4. The molecule has 0 bridgehead atoms. The molecule has 1 aromatic heterocycles. The molecule has 36 heavy (non-hydrogen) atoms. The van der Waals surface area contributed by atoms with Crippen molar-refractivity contribution in [2.45, 2.75) is 19.0 Å². The van der Waals surface area contributed by atoms with Crippen LogP contribution in [0.2, 0.25) is 0 Å². The number of likely N-dealkylation sites (tertiary alicyclic amines) is 1. The number of ether oxygens (including phenoxy) is 1. The first kappa shape index (κ1) is 23.9. The Morgan fingerprint density at radius 3 is 2.39 bits per heavy atom. The maximum absolute atomic E-state index is 13.5. The molecule has 4 aromatic rings. The van der Waals surface area contributed by atoms with Gasteiger partial charge in [-0.2, -0.15) is 0 Å². The van der Waals surface area contributed by atoms with Crippen LogP contribution in [0.4, 0.5) is 0 Å². The Kier molecular flexibility index (Phi) is 7.48. The van der Waals surface area contributed by atoms with Gasteiger partial charge in [0.1, 0.15) is 12.0 Å². The molecule has 0 aliphatic carbocycles. The number of methoxy groups -OCH3 is 1. The zero-order valence-corrected chi connectivity index (χ0v) is 20.6. The minimum atomic E-state index is -0.00138. The lowest BCUT2D eigenvalue weighted by Gasteiger charge is -2.28. The molecule has 2 unspecified atom stereocenters. The zero-order valence-electron chi connectivity index (χ0n) is 20.6. The normalized spacial score (nSPS) is 17.7. The van der Waals surface area contributed by atoms with Crippen molar-refractivity contribution < 1.29 is 13.9 Å². The van der Waals surface area contributed by atoms with Crippen LogP contribution in [0, 0.1) is 5.92 Å². The Morgan fingerprint density at radius 1 is 0.944 bits per heavy atom. The van der Waals surface area contributed by atoms with Gasteiger partial charge in [-0.05, 0) is 40.8 Å². The second-order valence-electron chi connectivity index (χ2n) is 9.51. The molecular formula is C31H32N2O3. The SMILES string of the molecule is COc1cccc(C2CN(Cc3ccccc3)CC2CN(Cc2ccccc2)C(=O)c2ccoc2)c1. The lowest BCUT2D eigenvalue weighted by molar-refractivity contribution is 0.0710. The smallest absolute Gasteiger partial charge is 0.257 e. The summed E-state index contributed by atoms with van der Waals surface area (Å²) in [4.78, 5) is 18.0. The van der Waals surface area contributed by atoms with Crippen molar-refractivity contribution >= 4 is 5.91 Å². The molecule has 0 N–H and O–H groups in total. The lowest BCUT2D eigenvalue weighted by atomic mass is 9.88. The molecule has 1 amide bonds. The van der Waals surface area contributed by atoms with Crippen LogP contribution < -0.4 is 4.74 Å². The van der Waals surface area contributed by atoms with Gasteiger partial charge in [-0.1, -0.05) is 72.8 Å². The van der Waals surface area contributed by atoms with Gasteiger partial charge in [0.2, 0.25) is 0 Å². The number of furan rings is 1. The fourth-order valence-corrected chi connectivity index (χ4v) is 5.24. The van der Waals surface area contributed by atoms with Crippen LogP contribution in [-0.2, 0) is 13.1 Å². The summed E-state index contributed by atoms with van der Waals surface area (Å²) >= 11 is 0. The first-order chi connectivity index (χ1) is 17.7. The van der Waals surface area contributed by atoms with Crippen molar-refractivity contribution in [2.75, 3.05) is 26.7 Å². The van der Waals surface area contributed by atoms with Crippen molar-refractivity contribution in [1.82, 2.24) is 9.80 Å². The molecule has 5 rings (SSSR count). The van der Waals surface area contributed by atoms with Gasteiger partial charge in [0.25, 0.3) is 5.91 Å². The summed E-state index contributed by atoms with van der Waals surface area (Å²) in [6.45, 7) is 3.97. The van der Waals surface area contributed by atoms with E-state index in [0.29, 0.717) is 24.6 Å². The molecule has 1 fully saturated rings. The van der Waals surface area contributed by atoms with Gasteiger partial charge in [0.05, 0.1) is 18.9 Å². The number of amides is 1. The molecule has 1 aliphatic rings. The van der Waals surface area contributed by atoms with Crippen molar-refractivity contribution in [3.05, 3.63) is 126 Å². The Balaban J connectivity index is 1.42.